The van der Waals surface area contributed by atoms with Gasteiger partial charge < -0.3 is 10.4 Å². The summed E-state index contributed by atoms with van der Waals surface area (Å²) < 4.78 is 1.70. The normalized spacial score (nSPS) is 18.9. The first-order valence-electron chi connectivity index (χ1n) is 12.8. The number of hydrogen-bond acceptors (Lipinski definition) is 5. The predicted molar refractivity (Wildman–Crippen MR) is 151 cm³/mol. The lowest BCUT2D eigenvalue weighted by Gasteiger charge is -2.12. The van der Waals surface area contributed by atoms with Gasteiger partial charge in [0.1, 0.15) is 18.1 Å². The van der Waals surface area contributed by atoms with Crippen LogP contribution < -0.4 is 5.32 Å². The number of anilines is 1. The molecule has 196 valence electrons. The van der Waals surface area contributed by atoms with Gasteiger partial charge in [0, 0.05) is 11.5 Å². The van der Waals surface area contributed by atoms with E-state index in [1.54, 1.807) is 36.1 Å². The fourth-order valence-corrected chi connectivity index (χ4v) is 5.96. The number of amides is 1. The van der Waals surface area contributed by atoms with Gasteiger partial charge in [0.15, 0.2) is 0 Å². The molecule has 2 aliphatic rings. The molecular formula is C31H22ClN5O3. The van der Waals surface area contributed by atoms with Crippen molar-refractivity contribution >= 4 is 29.2 Å². The van der Waals surface area contributed by atoms with E-state index in [0.717, 1.165) is 27.9 Å². The lowest BCUT2D eigenvalue weighted by atomic mass is 9.93. The van der Waals surface area contributed by atoms with Crippen LogP contribution in [0.2, 0.25) is 5.02 Å². The molecule has 0 radical (unpaired) electrons. The van der Waals surface area contributed by atoms with Gasteiger partial charge in [-0.2, -0.15) is 5.10 Å². The summed E-state index contributed by atoms with van der Waals surface area (Å²) in [5.41, 5.74) is 6.65. The summed E-state index contributed by atoms with van der Waals surface area (Å²) >= 11 is 6.66. The number of aromatic nitrogens is 4. The number of carboxylic acids is 1. The van der Waals surface area contributed by atoms with Crippen molar-refractivity contribution in [2.75, 3.05) is 5.32 Å². The fraction of sp³-hybridized carbons (Fsp3) is 0.129. The summed E-state index contributed by atoms with van der Waals surface area (Å²) in [5, 5.41) is 17.1. The molecule has 3 heterocycles. The number of carboxylic acid groups (broad SMARTS) is 1. The minimum Gasteiger partial charge on any atom is -0.478 e. The van der Waals surface area contributed by atoms with Crippen molar-refractivity contribution in [3.05, 3.63) is 113 Å². The minimum atomic E-state index is -0.980. The Kier molecular flexibility index (Phi) is 5.37. The molecule has 2 atom stereocenters. The van der Waals surface area contributed by atoms with E-state index in [2.05, 4.69) is 15.4 Å². The van der Waals surface area contributed by atoms with Crippen molar-refractivity contribution in [2.45, 2.75) is 24.7 Å². The smallest absolute Gasteiger partial charge is 0.335 e. The van der Waals surface area contributed by atoms with Crippen LogP contribution in [0.25, 0.3) is 28.1 Å². The average molecular weight is 548 g/mol. The highest BCUT2D eigenvalue weighted by Gasteiger charge is 2.66. The van der Waals surface area contributed by atoms with E-state index < -0.39 is 11.4 Å². The maximum absolute atomic E-state index is 13.2. The minimum absolute atomic E-state index is 0.129. The summed E-state index contributed by atoms with van der Waals surface area (Å²) in [7, 11) is 0. The first-order chi connectivity index (χ1) is 19.3. The highest BCUT2D eigenvalue weighted by Crippen LogP contribution is 2.65. The second-order valence-corrected chi connectivity index (χ2v) is 10.6. The molecule has 8 nitrogen and oxygen atoms in total. The largest absolute Gasteiger partial charge is 0.478 e. The first kappa shape index (κ1) is 24.2. The highest BCUT2D eigenvalue weighted by atomic mass is 35.5. The first-order valence-corrected chi connectivity index (χ1v) is 13.1. The molecule has 9 heteroatoms. The van der Waals surface area contributed by atoms with Crippen LogP contribution in [0.1, 0.15) is 39.5 Å². The Balaban J connectivity index is 1.20. The molecule has 1 aliphatic heterocycles. The van der Waals surface area contributed by atoms with Crippen molar-refractivity contribution < 1.29 is 14.7 Å². The summed E-state index contributed by atoms with van der Waals surface area (Å²) in [6.45, 7) is 1.77. The molecule has 40 heavy (non-hydrogen) atoms. The Morgan fingerprint density at radius 2 is 1.73 bits per heavy atom. The zero-order valence-corrected chi connectivity index (χ0v) is 22.1. The number of benzene rings is 3. The standard InChI is InChI=1S/C31H22ClN5O3/c1-17-2-3-21(12-23(17)29(38)39)24-14-31(24)28-26(35-30(31)40)13-25(32)27(36-28)20-6-4-18(5-7-20)19-8-10-22(11-9-19)37-16-33-15-34-37/h2-13,15-16,24H,14H2,1H3,(H,35,40)(H,38,39). The molecule has 3 aromatic carbocycles. The maximum Gasteiger partial charge on any atom is 0.335 e. The quantitative estimate of drug-likeness (QED) is 0.278. The monoisotopic (exact) mass is 547 g/mol. The third-order valence-corrected chi connectivity index (χ3v) is 8.24. The Bertz CT molecular complexity index is 1820. The van der Waals surface area contributed by atoms with Gasteiger partial charge in [0.25, 0.3) is 0 Å². The van der Waals surface area contributed by atoms with Crippen LogP contribution >= 0.6 is 11.6 Å². The van der Waals surface area contributed by atoms with Gasteiger partial charge in [-0.3, -0.25) is 4.79 Å². The van der Waals surface area contributed by atoms with Gasteiger partial charge in [-0.1, -0.05) is 60.1 Å². The summed E-state index contributed by atoms with van der Waals surface area (Å²) in [6.07, 6.45) is 3.72. The Morgan fingerprint density at radius 1 is 1.02 bits per heavy atom. The van der Waals surface area contributed by atoms with Crippen LogP contribution in [-0.2, 0) is 10.2 Å². The second-order valence-electron chi connectivity index (χ2n) is 10.2. The fourth-order valence-electron chi connectivity index (χ4n) is 5.70. The molecule has 7 rings (SSSR count). The lowest BCUT2D eigenvalue weighted by molar-refractivity contribution is -0.118. The zero-order chi connectivity index (χ0) is 27.6. The average Bonchev–Trinajstić information content (AvgIpc) is 3.34. The van der Waals surface area contributed by atoms with Gasteiger partial charge >= 0.3 is 5.97 Å². The van der Waals surface area contributed by atoms with E-state index in [1.807, 2.05) is 54.6 Å². The van der Waals surface area contributed by atoms with Gasteiger partial charge in [-0.25, -0.2) is 19.4 Å². The van der Waals surface area contributed by atoms with Gasteiger partial charge in [0.2, 0.25) is 5.91 Å². The number of fused-ring (bicyclic) bond motifs is 2. The summed E-state index contributed by atoms with van der Waals surface area (Å²) in [6, 6.07) is 23.1. The maximum atomic E-state index is 13.2. The van der Waals surface area contributed by atoms with Crippen LogP contribution in [0, 0.1) is 6.92 Å². The van der Waals surface area contributed by atoms with Gasteiger partial charge in [0.05, 0.1) is 33.3 Å². The van der Waals surface area contributed by atoms with Crippen molar-refractivity contribution in [3.63, 3.8) is 0 Å². The molecule has 1 aliphatic carbocycles. The second kappa shape index (κ2) is 8.86. The van der Waals surface area contributed by atoms with Crippen molar-refractivity contribution in [1.29, 1.82) is 0 Å². The Labute approximate surface area is 234 Å². The molecule has 2 unspecified atom stereocenters. The molecule has 1 spiro atoms. The summed E-state index contributed by atoms with van der Waals surface area (Å²) in [4.78, 5) is 33.8. The molecule has 0 saturated heterocycles. The topological polar surface area (TPSA) is 110 Å². The van der Waals surface area contributed by atoms with Crippen molar-refractivity contribution in [2.24, 2.45) is 0 Å². The number of aryl methyl sites for hydroxylation is 1. The SMILES string of the molecule is Cc1ccc(C2CC23C(=O)Nc2cc(Cl)c(-c4ccc(-c5ccc(-n6cncn6)cc5)cc4)nc23)cc1C(=O)O. The molecule has 5 aromatic rings. The van der Waals surface area contributed by atoms with Crippen molar-refractivity contribution in [1.82, 2.24) is 19.7 Å². The van der Waals surface area contributed by atoms with Crippen LogP contribution in [0.4, 0.5) is 5.69 Å². The number of pyridine rings is 1. The summed E-state index contributed by atoms with van der Waals surface area (Å²) in [5.74, 6) is -1.26. The number of rotatable bonds is 5. The van der Waals surface area contributed by atoms with Gasteiger partial charge in [-0.15, -0.1) is 0 Å². The molecule has 2 N–H and O–H groups in total. The van der Waals surface area contributed by atoms with E-state index in [1.165, 1.54) is 6.33 Å². The number of halogens is 1. The van der Waals surface area contributed by atoms with E-state index in [4.69, 9.17) is 16.6 Å². The number of carbonyl (C=O) groups excluding carboxylic acids is 1. The van der Waals surface area contributed by atoms with Crippen LogP contribution in [0.5, 0.6) is 0 Å². The predicted octanol–water partition coefficient (Wildman–Crippen LogP) is 6.03. The van der Waals surface area contributed by atoms with E-state index in [-0.39, 0.29) is 17.4 Å². The Hall–Kier alpha value is -4.82. The number of nitrogens with one attached hydrogen (secondary N) is 1. The molecular weight excluding hydrogens is 526 g/mol. The molecule has 1 fully saturated rings. The highest BCUT2D eigenvalue weighted by molar-refractivity contribution is 6.33. The van der Waals surface area contributed by atoms with E-state index in [0.29, 0.717) is 34.1 Å². The third-order valence-electron chi connectivity index (χ3n) is 7.95. The third kappa shape index (κ3) is 3.71. The molecule has 2 aromatic heterocycles. The molecule has 1 amide bonds. The van der Waals surface area contributed by atoms with Crippen LogP contribution in [-0.4, -0.2) is 36.7 Å². The number of nitrogens with zero attached hydrogens (tertiary/aromatic N) is 4. The zero-order valence-electron chi connectivity index (χ0n) is 21.3. The molecule has 0 bridgehead atoms. The van der Waals surface area contributed by atoms with Crippen LogP contribution in [0.3, 0.4) is 0 Å². The number of hydrogen-bond donors (Lipinski definition) is 2. The van der Waals surface area contributed by atoms with Crippen LogP contribution in [0.15, 0.2) is 85.5 Å². The van der Waals surface area contributed by atoms with Gasteiger partial charge in [-0.05, 0) is 59.9 Å². The van der Waals surface area contributed by atoms with E-state index in [9.17, 15) is 14.7 Å². The number of aromatic carboxylic acids is 1. The van der Waals surface area contributed by atoms with Crippen molar-refractivity contribution in [3.8, 4) is 28.1 Å². The Morgan fingerprint density at radius 3 is 2.40 bits per heavy atom. The molecule has 1 saturated carbocycles. The number of carbonyl (C=O) groups is 2. The van der Waals surface area contributed by atoms with E-state index >= 15 is 0 Å². The lowest BCUT2D eigenvalue weighted by Crippen LogP contribution is -2.21.